The Hall–Kier alpha value is -2.06. The van der Waals surface area contributed by atoms with Crippen molar-refractivity contribution in [3.05, 3.63) is 57.6 Å². The predicted octanol–water partition coefficient (Wildman–Crippen LogP) is 4.64. The van der Waals surface area contributed by atoms with E-state index < -0.39 is 35.5 Å². The Bertz CT molecular complexity index is 883. The van der Waals surface area contributed by atoms with Crippen LogP contribution < -0.4 is 0 Å². The minimum atomic E-state index is -4.98. The molecule has 0 aliphatic heterocycles. The molecule has 0 saturated carbocycles. The Morgan fingerprint density at radius 3 is 1.19 bits per heavy atom. The van der Waals surface area contributed by atoms with Gasteiger partial charge < -0.3 is 29.0 Å². The summed E-state index contributed by atoms with van der Waals surface area (Å²) in [7, 11) is 8.35. The molecule has 0 atom stereocenters. The molecular formula is C22H24F6N2O4S2Zn. The van der Waals surface area contributed by atoms with Crippen LogP contribution in [0.4, 0.5) is 26.3 Å². The molecule has 2 aromatic heterocycles. The Morgan fingerprint density at radius 1 is 0.703 bits per heavy atom. The van der Waals surface area contributed by atoms with E-state index in [9.17, 15) is 45.5 Å². The summed E-state index contributed by atoms with van der Waals surface area (Å²) < 4.78 is 70.3. The van der Waals surface area contributed by atoms with Crippen molar-refractivity contribution in [2.75, 3.05) is 41.3 Å². The first-order chi connectivity index (χ1) is 16.4. The fourth-order valence-electron chi connectivity index (χ4n) is 1.78. The predicted molar refractivity (Wildman–Crippen MR) is 125 cm³/mol. The van der Waals surface area contributed by atoms with Gasteiger partial charge >= 0.3 is 31.8 Å². The van der Waals surface area contributed by atoms with E-state index in [-0.39, 0.29) is 42.1 Å². The molecule has 0 aliphatic rings. The van der Waals surface area contributed by atoms with Gasteiger partial charge in [0, 0.05) is 35.8 Å². The Kier molecular flexibility index (Phi) is 17.5. The normalized spacial score (nSPS) is 10.8. The molecule has 0 unspecified atom stereocenters. The molecule has 0 fully saturated rings. The van der Waals surface area contributed by atoms with Crippen LogP contribution >= 0.6 is 22.7 Å². The number of hydrogen-bond acceptors (Lipinski definition) is 6. The molecule has 202 valence electrons. The minimum Gasteiger partial charge on any atom is -0.362 e. The number of hydrogen-bond donors (Lipinski definition) is 0. The molecule has 0 spiro atoms. The van der Waals surface area contributed by atoms with Crippen molar-refractivity contribution in [3.63, 3.8) is 0 Å². The summed E-state index contributed by atoms with van der Waals surface area (Å²) in [5, 5.41) is 3.08. The van der Waals surface area contributed by atoms with Gasteiger partial charge in [-0.1, -0.05) is 11.6 Å². The second-order valence-corrected chi connectivity index (χ2v) is 9.20. The third kappa shape index (κ3) is 17.1. The Balaban J connectivity index is 0. The molecule has 0 amide bonds. The van der Waals surface area contributed by atoms with Crippen molar-refractivity contribution in [2.45, 2.75) is 12.4 Å². The van der Waals surface area contributed by atoms with Crippen molar-refractivity contribution in [3.8, 4) is 0 Å². The third-order valence-electron chi connectivity index (χ3n) is 3.61. The second kappa shape index (κ2) is 17.5. The molecular weight excluding hydrogens is 600 g/mol. The van der Waals surface area contributed by atoms with Crippen molar-refractivity contribution in [1.29, 1.82) is 0 Å². The van der Waals surface area contributed by atoms with Crippen LogP contribution in [0.3, 0.4) is 0 Å². The van der Waals surface area contributed by atoms with Crippen LogP contribution in [-0.2, 0) is 29.1 Å². The van der Waals surface area contributed by atoms with Crippen molar-refractivity contribution in [2.24, 2.45) is 0 Å². The zero-order valence-electron chi connectivity index (χ0n) is 20.4. The van der Waals surface area contributed by atoms with Gasteiger partial charge in [-0.2, -0.15) is 38.5 Å². The van der Waals surface area contributed by atoms with E-state index in [1.54, 1.807) is 10.8 Å². The molecule has 15 heteroatoms. The SMILES string of the molecule is CN(C)CCN(C)C.O=C([CH-]C(=O)C(F)(F)F)[c-]1ccc[s+]1.O=C([CH-]C(=O)C(F)(F)F)[c-]1ccc[s+]1.[Zn+2]. The van der Waals surface area contributed by atoms with Gasteiger partial charge in [0.15, 0.2) is 10.8 Å². The number of halogens is 6. The fraction of sp³-hybridized carbons (Fsp3) is 0.364. The van der Waals surface area contributed by atoms with E-state index in [0.29, 0.717) is 0 Å². The van der Waals surface area contributed by atoms with Crippen LogP contribution in [0.25, 0.3) is 0 Å². The van der Waals surface area contributed by atoms with E-state index in [4.69, 9.17) is 0 Å². The summed E-state index contributed by atoms with van der Waals surface area (Å²) in [5.74, 6) is -6.09. The van der Waals surface area contributed by atoms with Gasteiger partial charge in [-0.05, 0) is 50.1 Å². The number of carbonyl (C=O) groups is 4. The summed E-state index contributed by atoms with van der Waals surface area (Å²) in [4.78, 5) is 47.3. The average molecular weight is 624 g/mol. The van der Waals surface area contributed by atoms with Crippen LogP contribution in [0.15, 0.2) is 35.0 Å². The van der Waals surface area contributed by atoms with Crippen LogP contribution in [0.5, 0.6) is 0 Å². The monoisotopic (exact) mass is 622 g/mol. The molecule has 0 N–H and O–H groups in total. The molecule has 2 heterocycles. The smallest absolute Gasteiger partial charge is 0.362 e. The number of alkyl halides is 6. The van der Waals surface area contributed by atoms with Crippen LogP contribution in [0.1, 0.15) is 19.3 Å². The van der Waals surface area contributed by atoms with Crippen LogP contribution in [0.2, 0.25) is 0 Å². The number of likely N-dealkylation sites (N-methyl/N-ethyl adjacent to an activating group) is 2. The largest absolute Gasteiger partial charge is 2.00 e. The van der Waals surface area contributed by atoms with Crippen molar-refractivity contribution >= 4 is 45.8 Å². The summed E-state index contributed by atoms with van der Waals surface area (Å²) in [5.41, 5.74) is 0. The maximum atomic E-state index is 11.7. The van der Waals surface area contributed by atoms with E-state index in [1.807, 2.05) is 0 Å². The van der Waals surface area contributed by atoms with Crippen LogP contribution in [-0.4, -0.2) is 86.6 Å². The quantitative estimate of drug-likeness (QED) is 0.101. The van der Waals surface area contributed by atoms with Crippen LogP contribution in [0, 0.1) is 12.8 Å². The zero-order chi connectivity index (χ0) is 28.1. The molecule has 0 aromatic carbocycles. The molecule has 37 heavy (non-hydrogen) atoms. The van der Waals surface area contributed by atoms with Gasteiger partial charge in [0.05, 0.1) is 0 Å². The number of ketones is 4. The summed E-state index contributed by atoms with van der Waals surface area (Å²) in [6.45, 7) is 2.29. The minimum absolute atomic E-state index is 0. The number of nitrogens with zero attached hydrogens (tertiary/aromatic N) is 2. The summed E-state index contributed by atoms with van der Waals surface area (Å²) >= 11 is 1.97. The topological polar surface area (TPSA) is 74.8 Å². The number of thiophene rings is 2. The summed E-state index contributed by atoms with van der Waals surface area (Å²) in [6, 6.07) is 5.74. The maximum Gasteiger partial charge on any atom is 2.00 e. The Morgan fingerprint density at radius 2 is 1.00 bits per heavy atom. The van der Waals surface area contributed by atoms with Crippen molar-refractivity contribution < 1.29 is 65.0 Å². The maximum absolute atomic E-state index is 11.7. The second-order valence-electron chi connectivity index (χ2n) is 7.30. The number of rotatable bonds is 9. The van der Waals surface area contributed by atoms with Crippen molar-refractivity contribution in [1.82, 2.24) is 9.80 Å². The van der Waals surface area contributed by atoms with Gasteiger partial charge in [0.25, 0.3) is 0 Å². The Labute approximate surface area is 231 Å². The fourth-order valence-corrected chi connectivity index (χ4v) is 3.05. The average Bonchev–Trinajstić information content (AvgIpc) is 3.46. The molecule has 0 bridgehead atoms. The zero-order valence-corrected chi connectivity index (χ0v) is 25.0. The molecule has 0 radical (unpaired) electrons. The van der Waals surface area contributed by atoms with Gasteiger partial charge in [-0.15, -0.1) is 0 Å². The summed E-state index contributed by atoms with van der Waals surface area (Å²) in [6.07, 6.45) is -9.84. The number of Topliss-reactive ketones (excluding diaryl/α,β-unsaturated/α-hetero) is 4. The first kappa shape index (κ1) is 37.1. The third-order valence-corrected chi connectivity index (χ3v) is 5.37. The first-order valence-electron chi connectivity index (χ1n) is 9.82. The molecule has 6 nitrogen and oxygen atoms in total. The van der Waals surface area contributed by atoms with E-state index >= 15 is 0 Å². The first-order valence-corrected chi connectivity index (χ1v) is 11.6. The van der Waals surface area contributed by atoms with E-state index in [0.717, 1.165) is 35.8 Å². The van der Waals surface area contributed by atoms with Gasteiger partial charge in [-0.3, -0.25) is 12.8 Å². The van der Waals surface area contributed by atoms with Gasteiger partial charge in [-0.25, -0.2) is 0 Å². The molecule has 2 aromatic rings. The van der Waals surface area contributed by atoms with Gasteiger partial charge in [0.2, 0.25) is 0 Å². The molecule has 2 rings (SSSR count). The van der Waals surface area contributed by atoms with E-state index in [1.165, 1.54) is 24.3 Å². The number of carbonyl (C=O) groups excluding carboxylic acids is 4. The molecule has 0 saturated heterocycles. The van der Waals surface area contributed by atoms with Gasteiger partial charge in [0.1, 0.15) is 11.6 Å². The molecule has 0 aliphatic carbocycles. The standard InChI is InChI=1S/2C8H4F3O2S.C6H16N2.Zn/c2*9-8(10,11)7(13)4-5(12)6-2-1-3-14-6;1-7(2)5-6-8(3)4;/h2*1-4H;5-6H2,1-4H3;/q2*-1;;+2. The van der Waals surface area contributed by atoms with E-state index in [2.05, 4.69) is 38.0 Å².